The summed E-state index contributed by atoms with van der Waals surface area (Å²) in [4.78, 5) is 12.6. The van der Waals surface area contributed by atoms with E-state index in [9.17, 15) is 9.90 Å². The summed E-state index contributed by atoms with van der Waals surface area (Å²) in [6.45, 7) is 8.08. The topological polar surface area (TPSA) is 49.8 Å². The smallest absolute Gasteiger partial charge is 0.177 e. The van der Waals surface area contributed by atoms with Crippen LogP contribution in [0.2, 0.25) is 0 Å². The first-order chi connectivity index (χ1) is 8.25. The van der Waals surface area contributed by atoms with Crippen molar-refractivity contribution in [1.82, 2.24) is 0 Å². The number of carbonyl (C=O) groups is 1. The second-order valence-corrected chi connectivity index (χ2v) is 7.00. The molecule has 4 atom stereocenters. The predicted molar refractivity (Wildman–Crippen MR) is 68.1 cm³/mol. The van der Waals surface area contributed by atoms with Gasteiger partial charge in [0.2, 0.25) is 0 Å². The molecule has 0 radical (unpaired) electrons. The largest absolute Gasteiger partial charge is 0.389 e. The van der Waals surface area contributed by atoms with Crippen molar-refractivity contribution in [2.45, 2.75) is 64.3 Å². The number of hydrogen-bond donors (Lipinski definition) is 1. The van der Waals surface area contributed by atoms with Crippen molar-refractivity contribution in [1.29, 1.82) is 0 Å². The number of rotatable bonds is 0. The monoisotopic (exact) mass is 250 g/mol. The molecule has 2 fully saturated rings. The van der Waals surface area contributed by atoms with E-state index in [1.54, 1.807) is 0 Å². The van der Waals surface area contributed by atoms with Crippen LogP contribution in [0.4, 0.5) is 0 Å². The zero-order chi connectivity index (χ0) is 13.3. The normalized spacial score (nSPS) is 49.8. The molecule has 1 saturated carbocycles. The number of ether oxygens (including phenoxy) is 1. The van der Waals surface area contributed by atoms with Crippen LogP contribution in [0.5, 0.6) is 0 Å². The first kappa shape index (κ1) is 12.4. The highest BCUT2D eigenvalue weighted by Crippen LogP contribution is 2.68. The third-order valence-electron chi connectivity index (χ3n) is 5.21. The van der Waals surface area contributed by atoms with Crippen LogP contribution in [0.15, 0.2) is 11.6 Å². The minimum Gasteiger partial charge on any atom is -0.389 e. The fourth-order valence-corrected chi connectivity index (χ4v) is 4.05. The molecular weight excluding hydrogens is 228 g/mol. The number of ketones is 1. The molecule has 3 rings (SSSR count). The maximum atomic E-state index is 12.6. The number of carbonyl (C=O) groups excluding carboxylic acids is 1. The van der Waals surface area contributed by atoms with Gasteiger partial charge in [0.25, 0.3) is 0 Å². The lowest BCUT2D eigenvalue weighted by Crippen LogP contribution is -2.34. The Hall–Kier alpha value is -0.670. The Bertz CT molecular complexity index is 451. The third kappa shape index (κ3) is 1.24. The van der Waals surface area contributed by atoms with E-state index in [1.165, 1.54) is 0 Å². The summed E-state index contributed by atoms with van der Waals surface area (Å²) in [5.41, 5.74) is -0.454. The Morgan fingerprint density at radius 1 is 1.39 bits per heavy atom. The molecule has 0 spiro atoms. The SMILES string of the molecule is CC1=CC23OC2(CC(C)(C)C3=O)C(C)CCC1O. The van der Waals surface area contributed by atoms with Crippen LogP contribution < -0.4 is 0 Å². The average molecular weight is 250 g/mol. The fraction of sp³-hybridized carbons (Fsp3) is 0.800. The Labute approximate surface area is 108 Å². The van der Waals surface area contributed by atoms with Gasteiger partial charge in [0.05, 0.1) is 6.10 Å². The maximum Gasteiger partial charge on any atom is 0.177 e. The van der Waals surface area contributed by atoms with E-state index in [0.29, 0.717) is 5.92 Å². The van der Waals surface area contributed by atoms with Crippen molar-refractivity contribution in [2.24, 2.45) is 11.3 Å². The average Bonchev–Trinajstić information content (AvgIpc) is 2.86. The number of Topliss-reactive ketones (excluding diaryl/α,β-unsaturated/α-hetero) is 1. The number of hydrogen-bond acceptors (Lipinski definition) is 3. The van der Waals surface area contributed by atoms with Gasteiger partial charge in [-0.25, -0.2) is 0 Å². The Morgan fingerprint density at radius 3 is 2.72 bits per heavy atom. The zero-order valence-corrected chi connectivity index (χ0v) is 11.6. The third-order valence-corrected chi connectivity index (χ3v) is 5.21. The lowest BCUT2D eigenvalue weighted by atomic mass is 9.78. The van der Waals surface area contributed by atoms with E-state index in [2.05, 4.69) is 6.92 Å². The van der Waals surface area contributed by atoms with E-state index in [-0.39, 0.29) is 16.8 Å². The highest BCUT2D eigenvalue weighted by molar-refractivity contribution is 6.01. The first-order valence-electron chi connectivity index (χ1n) is 6.88. The Morgan fingerprint density at radius 2 is 2.06 bits per heavy atom. The molecule has 0 amide bonds. The lowest BCUT2D eigenvalue weighted by Gasteiger charge is -2.25. The Kier molecular flexibility index (Phi) is 2.24. The van der Waals surface area contributed by atoms with Gasteiger partial charge in [-0.05, 0) is 43.8 Å². The van der Waals surface area contributed by atoms with Crippen LogP contribution in [-0.2, 0) is 9.53 Å². The molecule has 1 aliphatic heterocycles. The predicted octanol–water partition coefficient (Wildman–Crippen LogP) is 2.23. The molecule has 0 aromatic rings. The number of epoxide rings is 1. The highest BCUT2D eigenvalue weighted by Gasteiger charge is 2.82. The van der Waals surface area contributed by atoms with E-state index >= 15 is 0 Å². The first-order valence-corrected chi connectivity index (χ1v) is 6.88. The van der Waals surface area contributed by atoms with Crippen LogP contribution in [0.25, 0.3) is 0 Å². The van der Waals surface area contributed by atoms with Crippen LogP contribution in [0.3, 0.4) is 0 Å². The molecule has 3 nitrogen and oxygen atoms in total. The second kappa shape index (κ2) is 3.26. The summed E-state index contributed by atoms with van der Waals surface area (Å²) < 4.78 is 5.99. The number of aliphatic hydroxyl groups excluding tert-OH is 1. The van der Waals surface area contributed by atoms with Gasteiger partial charge in [-0.1, -0.05) is 20.8 Å². The molecule has 18 heavy (non-hydrogen) atoms. The zero-order valence-electron chi connectivity index (χ0n) is 11.6. The molecule has 3 heteroatoms. The lowest BCUT2D eigenvalue weighted by molar-refractivity contribution is -0.130. The molecule has 1 N–H and O–H groups in total. The molecule has 1 heterocycles. The van der Waals surface area contributed by atoms with Crippen molar-refractivity contribution in [2.75, 3.05) is 0 Å². The maximum absolute atomic E-state index is 12.6. The van der Waals surface area contributed by atoms with Crippen LogP contribution >= 0.6 is 0 Å². The summed E-state index contributed by atoms with van der Waals surface area (Å²) >= 11 is 0. The van der Waals surface area contributed by atoms with Gasteiger partial charge in [-0.2, -0.15) is 0 Å². The van der Waals surface area contributed by atoms with Crippen molar-refractivity contribution in [3.05, 3.63) is 11.6 Å². The minimum absolute atomic E-state index is 0.190. The van der Waals surface area contributed by atoms with Gasteiger partial charge >= 0.3 is 0 Å². The molecule has 4 unspecified atom stereocenters. The molecule has 0 bridgehead atoms. The summed E-state index contributed by atoms with van der Waals surface area (Å²) in [7, 11) is 0. The summed E-state index contributed by atoms with van der Waals surface area (Å²) in [5.74, 6) is 0.512. The molecular formula is C15H22O3. The molecule has 2 aliphatic carbocycles. The van der Waals surface area contributed by atoms with Crippen molar-refractivity contribution < 1.29 is 14.6 Å². The van der Waals surface area contributed by atoms with Gasteiger partial charge < -0.3 is 9.84 Å². The van der Waals surface area contributed by atoms with Gasteiger partial charge in [0, 0.05) is 5.41 Å². The van der Waals surface area contributed by atoms with Crippen molar-refractivity contribution >= 4 is 5.78 Å². The summed E-state index contributed by atoms with van der Waals surface area (Å²) in [6.07, 6.45) is 3.96. The number of aliphatic hydroxyl groups is 1. The molecule has 0 aromatic carbocycles. The summed E-state index contributed by atoms with van der Waals surface area (Å²) in [5, 5.41) is 10.0. The van der Waals surface area contributed by atoms with Crippen LogP contribution in [0, 0.1) is 11.3 Å². The van der Waals surface area contributed by atoms with E-state index in [4.69, 9.17) is 4.74 Å². The second-order valence-electron chi connectivity index (χ2n) is 7.00. The standard InChI is InChI=1S/C15H22O3/c1-9-7-14-12(17)13(3,4)8-15(14,18-14)10(2)5-6-11(9)16/h7,10-11,16H,5-6,8H2,1-4H3. The van der Waals surface area contributed by atoms with Crippen molar-refractivity contribution in [3.63, 3.8) is 0 Å². The van der Waals surface area contributed by atoms with Gasteiger partial charge in [-0.3, -0.25) is 4.79 Å². The fourth-order valence-electron chi connectivity index (χ4n) is 4.05. The van der Waals surface area contributed by atoms with E-state index in [0.717, 1.165) is 24.8 Å². The quantitative estimate of drug-likeness (QED) is 0.530. The van der Waals surface area contributed by atoms with Gasteiger partial charge in [0.1, 0.15) is 5.60 Å². The van der Waals surface area contributed by atoms with Gasteiger partial charge in [-0.15, -0.1) is 0 Å². The van der Waals surface area contributed by atoms with Gasteiger partial charge in [0.15, 0.2) is 11.4 Å². The van der Waals surface area contributed by atoms with E-state index < -0.39 is 11.7 Å². The van der Waals surface area contributed by atoms with E-state index in [1.807, 2.05) is 26.8 Å². The highest BCUT2D eigenvalue weighted by atomic mass is 16.6. The van der Waals surface area contributed by atoms with Crippen LogP contribution in [-0.4, -0.2) is 28.2 Å². The van der Waals surface area contributed by atoms with Crippen molar-refractivity contribution in [3.8, 4) is 0 Å². The Balaban J connectivity index is 2.11. The molecule has 1 saturated heterocycles. The summed E-state index contributed by atoms with van der Waals surface area (Å²) in [6, 6.07) is 0. The van der Waals surface area contributed by atoms with Crippen LogP contribution in [0.1, 0.15) is 47.0 Å². The molecule has 0 aromatic heterocycles. The molecule has 100 valence electrons. The minimum atomic E-state index is -0.735. The molecule has 3 aliphatic rings.